The number of piperidine rings is 1. The van der Waals surface area contributed by atoms with Crippen LogP contribution in [0.15, 0.2) is 15.9 Å². The van der Waals surface area contributed by atoms with E-state index in [9.17, 15) is 9.59 Å². The maximum atomic E-state index is 11.9. The van der Waals surface area contributed by atoms with Crippen molar-refractivity contribution in [3.63, 3.8) is 0 Å². The van der Waals surface area contributed by atoms with Gasteiger partial charge in [-0.1, -0.05) is 6.42 Å². The van der Waals surface area contributed by atoms with Crippen LogP contribution < -0.4 is 16.6 Å². The summed E-state index contributed by atoms with van der Waals surface area (Å²) >= 11 is 0. The van der Waals surface area contributed by atoms with Gasteiger partial charge in [0.2, 0.25) is 0 Å². The number of nitrogens with zero attached hydrogens (tertiary/aromatic N) is 3. The highest BCUT2D eigenvalue weighted by Crippen LogP contribution is 2.12. The lowest BCUT2D eigenvalue weighted by atomic mass is 10.0. The number of H-pyrrole nitrogens is 1. The van der Waals surface area contributed by atoms with E-state index in [1.807, 2.05) is 4.57 Å². The summed E-state index contributed by atoms with van der Waals surface area (Å²) in [6.07, 6.45) is 6.29. The molecule has 0 amide bonds. The van der Waals surface area contributed by atoms with Crippen LogP contribution in [0.1, 0.15) is 25.7 Å². The van der Waals surface area contributed by atoms with Gasteiger partial charge in [-0.25, -0.2) is 9.78 Å². The first-order chi connectivity index (χ1) is 9.66. The standard InChI is InChI=1S/C13H19N5O2/c1-17-11-10(12(19)16-13(17)20)18(8-15-11)7-5-9-4-2-3-6-14-9/h8-9,14H,2-7H2,1H3,(H,16,19,20). The van der Waals surface area contributed by atoms with Gasteiger partial charge in [0, 0.05) is 19.6 Å². The van der Waals surface area contributed by atoms with Gasteiger partial charge in [-0.05, 0) is 25.8 Å². The van der Waals surface area contributed by atoms with Gasteiger partial charge in [-0.3, -0.25) is 14.3 Å². The summed E-state index contributed by atoms with van der Waals surface area (Å²) in [5.41, 5.74) is 0.122. The normalized spacial score (nSPS) is 19.6. The van der Waals surface area contributed by atoms with E-state index in [0.29, 0.717) is 17.2 Å². The van der Waals surface area contributed by atoms with E-state index in [1.54, 1.807) is 13.4 Å². The fraction of sp³-hybridized carbons (Fsp3) is 0.615. The van der Waals surface area contributed by atoms with E-state index in [1.165, 1.54) is 23.8 Å². The summed E-state index contributed by atoms with van der Waals surface area (Å²) in [6.45, 7) is 1.81. The first-order valence-corrected chi connectivity index (χ1v) is 7.04. The third-order valence-electron chi connectivity index (χ3n) is 4.01. The zero-order valence-corrected chi connectivity index (χ0v) is 11.6. The monoisotopic (exact) mass is 277 g/mol. The molecule has 1 aliphatic heterocycles. The molecule has 0 saturated carbocycles. The second-order valence-electron chi connectivity index (χ2n) is 5.36. The molecule has 1 atom stereocenters. The fourth-order valence-electron chi connectivity index (χ4n) is 2.82. The highest BCUT2D eigenvalue weighted by molar-refractivity contribution is 5.69. The summed E-state index contributed by atoms with van der Waals surface area (Å²) < 4.78 is 3.20. The Kier molecular flexibility index (Phi) is 3.43. The number of imidazole rings is 1. The third-order valence-corrected chi connectivity index (χ3v) is 4.01. The molecule has 1 saturated heterocycles. The van der Waals surface area contributed by atoms with Gasteiger partial charge < -0.3 is 9.88 Å². The molecule has 1 unspecified atom stereocenters. The van der Waals surface area contributed by atoms with Crippen molar-refractivity contribution in [3.05, 3.63) is 27.2 Å². The van der Waals surface area contributed by atoms with Crippen LogP contribution in [0, 0.1) is 0 Å². The van der Waals surface area contributed by atoms with Crippen molar-refractivity contribution in [2.75, 3.05) is 6.54 Å². The second kappa shape index (κ2) is 5.24. The van der Waals surface area contributed by atoms with E-state index in [2.05, 4.69) is 15.3 Å². The number of hydrogen-bond donors (Lipinski definition) is 2. The smallest absolute Gasteiger partial charge is 0.325 e. The largest absolute Gasteiger partial charge is 0.329 e. The van der Waals surface area contributed by atoms with Crippen LogP contribution in [-0.2, 0) is 13.6 Å². The van der Waals surface area contributed by atoms with E-state index in [4.69, 9.17) is 0 Å². The number of fused-ring (bicyclic) bond motifs is 1. The number of aromatic amines is 1. The van der Waals surface area contributed by atoms with Crippen LogP contribution in [0.4, 0.5) is 0 Å². The van der Waals surface area contributed by atoms with Crippen LogP contribution in [0.25, 0.3) is 11.2 Å². The molecule has 20 heavy (non-hydrogen) atoms. The number of nitrogens with one attached hydrogen (secondary N) is 2. The SMILES string of the molecule is Cn1c(=O)[nH]c(=O)c2c1ncn2CCC1CCCCN1. The van der Waals surface area contributed by atoms with Gasteiger partial charge in [0.05, 0.1) is 6.33 Å². The van der Waals surface area contributed by atoms with Crippen LogP contribution >= 0.6 is 0 Å². The second-order valence-corrected chi connectivity index (χ2v) is 5.36. The molecular weight excluding hydrogens is 258 g/mol. The lowest BCUT2D eigenvalue weighted by molar-refractivity contribution is 0.368. The maximum absolute atomic E-state index is 11.9. The van der Waals surface area contributed by atoms with E-state index in [-0.39, 0.29) is 5.56 Å². The molecular formula is C13H19N5O2. The van der Waals surface area contributed by atoms with E-state index < -0.39 is 5.69 Å². The van der Waals surface area contributed by atoms with Crippen LogP contribution in [0.2, 0.25) is 0 Å². The minimum atomic E-state index is -0.429. The Morgan fingerprint density at radius 2 is 2.25 bits per heavy atom. The summed E-state index contributed by atoms with van der Waals surface area (Å²) in [6, 6.07) is 0.507. The molecule has 0 aromatic carbocycles. The third kappa shape index (κ3) is 2.29. The molecule has 108 valence electrons. The molecule has 0 aliphatic carbocycles. The van der Waals surface area contributed by atoms with E-state index in [0.717, 1.165) is 19.5 Å². The molecule has 3 rings (SSSR count). The fourth-order valence-corrected chi connectivity index (χ4v) is 2.82. The van der Waals surface area contributed by atoms with Crippen LogP contribution in [0.3, 0.4) is 0 Å². The van der Waals surface area contributed by atoms with Gasteiger partial charge in [-0.15, -0.1) is 0 Å². The lowest BCUT2D eigenvalue weighted by Crippen LogP contribution is -2.35. The summed E-state index contributed by atoms with van der Waals surface area (Å²) in [5, 5.41) is 3.49. The summed E-state index contributed by atoms with van der Waals surface area (Å²) in [5.74, 6) is 0. The molecule has 3 heterocycles. The molecule has 0 radical (unpaired) electrons. The predicted molar refractivity (Wildman–Crippen MR) is 75.9 cm³/mol. The summed E-state index contributed by atoms with van der Waals surface area (Å²) in [7, 11) is 1.61. The average molecular weight is 277 g/mol. The van der Waals surface area contributed by atoms with Crippen molar-refractivity contribution in [2.24, 2.45) is 7.05 Å². The predicted octanol–water partition coefficient (Wildman–Crippen LogP) is -0.0445. The summed E-state index contributed by atoms with van der Waals surface area (Å²) in [4.78, 5) is 30.0. The van der Waals surface area contributed by atoms with E-state index >= 15 is 0 Å². The number of aromatic nitrogens is 4. The molecule has 1 fully saturated rings. The van der Waals surface area contributed by atoms with Gasteiger partial charge in [0.25, 0.3) is 5.56 Å². The average Bonchev–Trinajstić information content (AvgIpc) is 2.88. The van der Waals surface area contributed by atoms with Gasteiger partial charge >= 0.3 is 5.69 Å². The zero-order chi connectivity index (χ0) is 14.1. The van der Waals surface area contributed by atoms with Gasteiger partial charge in [0.1, 0.15) is 0 Å². The highest BCUT2D eigenvalue weighted by Gasteiger charge is 2.15. The van der Waals surface area contributed by atoms with Crippen LogP contribution in [0.5, 0.6) is 0 Å². The Balaban J connectivity index is 1.87. The molecule has 2 N–H and O–H groups in total. The first kappa shape index (κ1) is 13.1. The quantitative estimate of drug-likeness (QED) is 0.824. The topological polar surface area (TPSA) is 84.7 Å². The molecule has 7 nitrogen and oxygen atoms in total. The van der Waals surface area contributed by atoms with Crippen molar-refractivity contribution in [3.8, 4) is 0 Å². The van der Waals surface area contributed by atoms with Crippen LogP contribution in [-0.4, -0.2) is 31.7 Å². The Morgan fingerprint density at radius 3 is 3.00 bits per heavy atom. The number of aryl methyl sites for hydroxylation is 2. The molecule has 7 heteroatoms. The molecule has 1 aliphatic rings. The Hall–Kier alpha value is -1.89. The van der Waals surface area contributed by atoms with Crippen molar-refractivity contribution in [1.29, 1.82) is 0 Å². The zero-order valence-electron chi connectivity index (χ0n) is 11.6. The van der Waals surface area contributed by atoms with Crippen molar-refractivity contribution < 1.29 is 0 Å². The molecule has 0 bridgehead atoms. The highest BCUT2D eigenvalue weighted by atomic mass is 16.2. The lowest BCUT2D eigenvalue weighted by Gasteiger charge is -2.23. The van der Waals surface area contributed by atoms with Crippen molar-refractivity contribution in [1.82, 2.24) is 24.4 Å². The molecule has 2 aromatic heterocycles. The Morgan fingerprint density at radius 1 is 1.40 bits per heavy atom. The molecule has 0 spiro atoms. The number of rotatable bonds is 3. The first-order valence-electron chi connectivity index (χ1n) is 7.04. The number of hydrogen-bond acceptors (Lipinski definition) is 4. The Bertz CT molecular complexity index is 720. The maximum Gasteiger partial charge on any atom is 0.329 e. The molecule has 2 aromatic rings. The van der Waals surface area contributed by atoms with Crippen molar-refractivity contribution >= 4 is 11.2 Å². The van der Waals surface area contributed by atoms with Gasteiger partial charge in [-0.2, -0.15) is 0 Å². The van der Waals surface area contributed by atoms with Crippen molar-refractivity contribution in [2.45, 2.75) is 38.3 Å². The minimum absolute atomic E-state index is 0.364. The van der Waals surface area contributed by atoms with Gasteiger partial charge in [0.15, 0.2) is 11.2 Å². The minimum Gasteiger partial charge on any atom is -0.325 e. The Labute approximate surface area is 115 Å².